The number of rotatable bonds is 13. The number of hydrogen-bond acceptors (Lipinski definition) is 5. The van der Waals surface area contributed by atoms with Gasteiger partial charge in [0.15, 0.2) is 0 Å². The summed E-state index contributed by atoms with van der Waals surface area (Å²) in [5.41, 5.74) is 3.13. The summed E-state index contributed by atoms with van der Waals surface area (Å²) in [5, 5.41) is 5.58. The number of carbonyl (C=O) groups is 2. The third-order valence-electron chi connectivity index (χ3n) is 6.26. The Hall–Kier alpha value is -3.06. The fourth-order valence-electron chi connectivity index (χ4n) is 4.10. The zero-order valence-corrected chi connectivity index (χ0v) is 21.2. The van der Waals surface area contributed by atoms with Gasteiger partial charge in [-0.1, -0.05) is 25.5 Å². The maximum atomic E-state index is 12.3. The minimum absolute atomic E-state index is 0.0193. The van der Waals surface area contributed by atoms with Gasteiger partial charge in [0, 0.05) is 44.0 Å². The molecule has 0 atom stereocenters. The van der Waals surface area contributed by atoms with Crippen LogP contribution >= 0.6 is 0 Å². The third-order valence-corrected chi connectivity index (χ3v) is 6.26. The van der Waals surface area contributed by atoms with Gasteiger partial charge >= 0.3 is 0 Å². The van der Waals surface area contributed by atoms with Gasteiger partial charge in [-0.3, -0.25) is 14.5 Å². The van der Waals surface area contributed by atoms with Crippen LogP contribution in [0.15, 0.2) is 48.5 Å². The predicted octanol–water partition coefficient (Wildman–Crippen LogP) is 3.62. The van der Waals surface area contributed by atoms with Crippen LogP contribution in [0.5, 0.6) is 5.75 Å². The fourth-order valence-corrected chi connectivity index (χ4v) is 4.10. The van der Waals surface area contributed by atoms with Crippen LogP contribution in [0.25, 0.3) is 0 Å². The Balaban J connectivity index is 1.23. The van der Waals surface area contributed by atoms with Gasteiger partial charge in [0.1, 0.15) is 5.75 Å². The zero-order chi connectivity index (χ0) is 24.9. The Bertz CT molecular complexity index is 924. The Morgan fingerprint density at radius 3 is 2.43 bits per heavy atom. The lowest BCUT2D eigenvalue weighted by Gasteiger charge is -2.36. The average molecular weight is 481 g/mol. The van der Waals surface area contributed by atoms with Crippen molar-refractivity contribution in [1.29, 1.82) is 0 Å². The molecule has 3 rings (SSSR count). The first kappa shape index (κ1) is 26.5. The van der Waals surface area contributed by atoms with Crippen molar-refractivity contribution in [2.75, 3.05) is 57.3 Å². The molecule has 2 aromatic carbocycles. The number of nitrogens with zero attached hydrogens (tertiary/aromatic N) is 2. The molecule has 190 valence electrons. The zero-order valence-electron chi connectivity index (χ0n) is 21.2. The SMILES string of the molecule is CCCCOc1ccc(C(=O)NCC(=O)NCCCCN2CCN(c3cccc(C)c3)CC2)cc1. The summed E-state index contributed by atoms with van der Waals surface area (Å²) in [6.07, 6.45) is 4.05. The van der Waals surface area contributed by atoms with Crippen molar-refractivity contribution in [2.24, 2.45) is 0 Å². The first-order valence-electron chi connectivity index (χ1n) is 12.9. The normalized spacial score (nSPS) is 13.9. The molecule has 2 N–H and O–H groups in total. The van der Waals surface area contributed by atoms with E-state index < -0.39 is 0 Å². The van der Waals surface area contributed by atoms with E-state index in [2.05, 4.69) is 58.5 Å². The smallest absolute Gasteiger partial charge is 0.251 e. The molecule has 1 aliphatic rings. The third kappa shape index (κ3) is 9.25. The van der Waals surface area contributed by atoms with Crippen LogP contribution in [0.3, 0.4) is 0 Å². The van der Waals surface area contributed by atoms with E-state index >= 15 is 0 Å². The molecule has 0 radical (unpaired) electrons. The van der Waals surface area contributed by atoms with Crippen molar-refractivity contribution in [3.63, 3.8) is 0 Å². The average Bonchev–Trinajstić information content (AvgIpc) is 2.88. The van der Waals surface area contributed by atoms with Crippen LogP contribution < -0.4 is 20.3 Å². The molecule has 0 unspecified atom stereocenters. The van der Waals surface area contributed by atoms with Crippen molar-refractivity contribution in [1.82, 2.24) is 15.5 Å². The van der Waals surface area contributed by atoms with Gasteiger partial charge in [-0.15, -0.1) is 0 Å². The molecule has 7 heteroatoms. The second-order valence-corrected chi connectivity index (χ2v) is 9.13. The number of nitrogens with one attached hydrogen (secondary N) is 2. The number of aryl methyl sites for hydroxylation is 1. The molecule has 0 aromatic heterocycles. The summed E-state index contributed by atoms with van der Waals surface area (Å²) in [6, 6.07) is 15.7. The number of anilines is 1. The molecular weight excluding hydrogens is 440 g/mol. The van der Waals surface area contributed by atoms with Crippen LogP contribution in [0.4, 0.5) is 5.69 Å². The number of benzene rings is 2. The van der Waals surface area contributed by atoms with Crippen LogP contribution in [-0.4, -0.2) is 69.1 Å². The Kier molecular flexibility index (Phi) is 10.9. The van der Waals surface area contributed by atoms with Crippen LogP contribution in [0.1, 0.15) is 48.5 Å². The summed E-state index contributed by atoms with van der Waals surface area (Å²) < 4.78 is 5.61. The van der Waals surface area contributed by atoms with Crippen molar-refractivity contribution < 1.29 is 14.3 Å². The molecule has 1 fully saturated rings. The summed E-state index contributed by atoms with van der Waals surface area (Å²) in [7, 11) is 0. The summed E-state index contributed by atoms with van der Waals surface area (Å²) in [4.78, 5) is 29.3. The molecule has 2 aromatic rings. The van der Waals surface area contributed by atoms with E-state index in [1.165, 1.54) is 11.3 Å². The molecular formula is C28H40N4O3. The molecule has 0 saturated carbocycles. The topological polar surface area (TPSA) is 73.9 Å². The highest BCUT2D eigenvalue weighted by Crippen LogP contribution is 2.18. The molecule has 2 amide bonds. The maximum Gasteiger partial charge on any atom is 0.251 e. The van der Waals surface area contributed by atoms with E-state index in [-0.39, 0.29) is 18.4 Å². The highest BCUT2D eigenvalue weighted by atomic mass is 16.5. The Morgan fingerprint density at radius 2 is 1.71 bits per heavy atom. The van der Waals surface area contributed by atoms with Gasteiger partial charge in [0.25, 0.3) is 5.91 Å². The van der Waals surface area contributed by atoms with Gasteiger partial charge in [0.05, 0.1) is 13.2 Å². The van der Waals surface area contributed by atoms with Gasteiger partial charge in [-0.2, -0.15) is 0 Å². The minimum atomic E-state index is -0.259. The Labute approximate surface area is 209 Å². The van der Waals surface area contributed by atoms with E-state index in [0.29, 0.717) is 18.7 Å². The van der Waals surface area contributed by atoms with Crippen molar-refractivity contribution in [2.45, 2.75) is 39.5 Å². The monoisotopic (exact) mass is 480 g/mol. The number of carbonyl (C=O) groups excluding carboxylic acids is 2. The fraction of sp³-hybridized carbons (Fsp3) is 0.500. The molecule has 7 nitrogen and oxygen atoms in total. The molecule has 0 spiro atoms. The number of ether oxygens (including phenoxy) is 1. The standard InChI is InChI=1S/C28H40N4O3/c1-3-4-20-35-26-12-10-24(11-13-26)28(34)30-22-27(33)29-14-5-6-15-31-16-18-32(19-17-31)25-9-7-8-23(2)21-25/h7-13,21H,3-6,14-20,22H2,1-2H3,(H,29,33)(H,30,34). The van der Waals surface area contributed by atoms with E-state index in [4.69, 9.17) is 4.74 Å². The van der Waals surface area contributed by atoms with Crippen molar-refractivity contribution in [3.05, 3.63) is 59.7 Å². The lowest BCUT2D eigenvalue weighted by Crippen LogP contribution is -2.46. The van der Waals surface area contributed by atoms with Gasteiger partial charge in [-0.05, 0) is 74.7 Å². The number of hydrogen-bond donors (Lipinski definition) is 2. The maximum absolute atomic E-state index is 12.3. The molecule has 0 aliphatic carbocycles. The van der Waals surface area contributed by atoms with E-state index in [9.17, 15) is 9.59 Å². The highest BCUT2D eigenvalue weighted by molar-refractivity contribution is 5.96. The van der Waals surface area contributed by atoms with Crippen LogP contribution in [-0.2, 0) is 4.79 Å². The summed E-state index contributed by atoms with van der Waals surface area (Å²) in [6.45, 7) is 10.8. The van der Waals surface area contributed by atoms with Crippen LogP contribution in [0, 0.1) is 6.92 Å². The molecule has 35 heavy (non-hydrogen) atoms. The first-order valence-corrected chi connectivity index (χ1v) is 12.9. The van der Waals surface area contributed by atoms with Crippen LogP contribution in [0.2, 0.25) is 0 Å². The van der Waals surface area contributed by atoms with Gasteiger partial charge in [0.2, 0.25) is 5.91 Å². The molecule has 1 aliphatic heterocycles. The number of piperazine rings is 1. The predicted molar refractivity (Wildman–Crippen MR) is 141 cm³/mol. The second kappa shape index (κ2) is 14.4. The number of amides is 2. The second-order valence-electron chi connectivity index (χ2n) is 9.13. The lowest BCUT2D eigenvalue weighted by atomic mass is 10.2. The summed E-state index contributed by atoms with van der Waals surface area (Å²) in [5.74, 6) is 0.329. The van der Waals surface area contributed by atoms with Gasteiger partial charge < -0.3 is 20.3 Å². The van der Waals surface area contributed by atoms with E-state index in [1.54, 1.807) is 24.3 Å². The summed E-state index contributed by atoms with van der Waals surface area (Å²) >= 11 is 0. The quantitative estimate of drug-likeness (QED) is 0.429. The highest BCUT2D eigenvalue weighted by Gasteiger charge is 2.16. The Morgan fingerprint density at radius 1 is 0.943 bits per heavy atom. The van der Waals surface area contributed by atoms with Gasteiger partial charge in [-0.25, -0.2) is 0 Å². The molecule has 0 bridgehead atoms. The largest absolute Gasteiger partial charge is 0.494 e. The molecule has 1 heterocycles. The lowest BCUT2D eigenvalue weighted by molar-refractivity contribution is -0.120. The number of unbranched alkanes of at least 4 members (excludes halogenated alkanes) is 2. The first-order chi connectivity index (χ1) is 17.0. The van der Waals surface area contributed by atoms with Crippen molar-refractivity contribution in [3.8, 4) is 5.75 Å². The van der Waals surface area contributed by atoms with Crippen molar-refractivity contribution >= 4 is 17.5 Å². The van der Waals surface area contributed by atoms with E-state index in [1.807, 2.05) is 0 Å². The van der Waals surface area contributed by atoms with E-state index in [0.717, 1.165) is 64.2 Å². The molecule has 1 saturated heterocycles. The minimum Gasteiger partial charge on any atom is -0.494 e.